The fourth-order valence-corrected chi connectivity index (χ4v) is 2.14. The number of hydrogen-bond donors (Lipinski definition) is 2. The SMILES string of the molecule is CC(=O)OOC(C)(C)C.CC1CCC(C(C)C)CC1.OO. The minimum absolute atomic E-state index is 0.411. The van der Waals surface area contributed by atoms with Crippen LogP contribution >= 0.6 is 0 Å². The molecule has 0 radical (unpaired) electrons. The predicted octanol–water partition coefficient (Wildman–Crippen LogP) is 4.77. The first kappa shape index (κ1) is 22.6. The highest BCUT2D eigenvalue weighted by Crippen LogP contribution is 2.32. The van der Waals surface area contributed by atoms with Crippen molar-refractivity contribution < 1.29 is 25.1 Å². The second kappa shape index (κ2) is 12.0. The van der Waals surface area contributed by atoms with Crippen molar-refractivity contribution in [1.82, 2.24) is 0 Å². The van der Waals surface area contributed by atoms with Gasteiger partial charge in [-0.2, -0.15) is 4.89 Å². The highest BCUT2D eigenvalue weighted by molar-refractivity contribution is 5.65. The maximum absolute atomic E-state index is 10.1. The Balaban J connectivity index is 0. The molecule has 0 aliphatic heterocycles. The summed E-state index contributed by atoms with van der Waals surface area (Å²) >= 11 is 0. The van der Waals surface area contributed by atoms with Crippen molar-refractivity contribution in [2.75, 3.05) is 0 Å². The van der Waals surface area contributed by atoms with Gasteiger partial charge in [0.25, 0.3) is 0 Å². The first-order valence-electron chi connectivity index (χ1n) is 7.68. The molecule has 128 valence electrons. The van der Waals surface area contributed by atoms with Crippen LogP contribution in [0.15, 0.2) is 0 Å². The molecule has 1 aliphatic rings. The summed E-state index contributed by atoms with van der Waals surface area (Å²) in [4.78, 5) is 19.1. The maximum Gasteiger partial charge on any atom is 0.339 e. The van der Waals surface area contributed by atoms with E-state index in [1.54, 1.807) is 20.8 Å². The van der Waals surface area contributed by atoms with Crippen molar-refractivity contribution in [3.05, 3.63) is 0 Å². The lowest BCUT2D eigenvalue weighted by Gasteiger charge is -2.28. The summed E-state index contributed by atoms with van der Waals surface area (Å²) in [5.41, 5.74) is -0.411. The molecule has 1 saturated carbocycles. The number of rotatable bonds is 2. The summed E-state index contributed by atoms with van der Waals surface area (Å²) in [6.07, 6.45) is 5.92. The molecule has 0 aromatic carbocycles. The Kier molecular flexibility index (Phi) is 12.9. The van der Waals surface area contributed by atoms with Gasteiger partial charge in [-0.15, -0.1) is 0 Å². The second-order valence-electron chi connectivity index (χ2n) is 7.03. The molecule has 0 amide bonds. The molecule has 1 aliphatic carbocycles. The molecule has 0 aromatic rings. The summed E-state index contributed by atoms with van der Waals surface area (Å²) in [6, 6.07) is 0. The first-order valence-corrected chi connectivity index (χ1v) is 7.68. The normalized spacial score (nSPS) is 21.6. The molecular formula is C16H34O5. The van der Waals surface area contributed by atoms with Gasteiger partial charge in [0.05, 0.1) is 0 Å². The monoisotopic (exact) mass is 306 g/mol. The maximum atomic E-state index is 10.1. The summed E-state index contributed by atoms with van der Waals surface area (Å²) < 4.78 is 0. The van der Waals surface area contributed by atoms with Gasteiger partial charge in [0.2, 0.25) is 0 Å². The van der Waals surface area contributed by atoms with Crippen LogP contribution in [0.25, 0.3) is 0 Å². The average molecular weight is 306 g/mol. The lowest BCUT2D eigenvalue weighted by molar-refractivity contribution is -0.318. The summed E-state index contributed by atoms with van der Waals surface area (Å²) in [6.45, 7) is 13.8. The van der Waals surface area contributed by atoms with E-state index < -0.39 is 11.6 Å². The fraction of sp³-hybridized carbons (Fsp3) is 0.938. The largest absolute Gasteiger partial charge is 0.339 e. The van der Waals surface area contributed by atoms with Crippen molar-refractivity contribution in [1.29, 1.82) is 0 Å². The van der Waals surface area contributed by atoms with E-state index in [9.17, 15) is 4.79 Å². The van der Waals surface area contributed by atoms with Crippen LogP contribution in [0.2, 0.25) is 0 Å². The zero-order valence-corrected chi connectivity index (χ0v) is 14.7. The van der Waals surface area contributed by atoms with E-state index in [1.165, 1.54) is 32.6 Å². The third kappa shape index (κ3) is 15.6. The Hall–Kier alpha value is -0.650. The van der Waals surface area contributed by atoms with Crippen molar-refractivity contribution in [3.8, 4) is 0 Å². The minimum Gasteiger partial charge on any atom is -0.298 e. The zero-order chi connectivity index (χ0) is 17.1. The van der Waals surface area contributed by atoms with E-state index in [-0.39, 0.29) is 0 Å². The van der Waals surface area contributed by atoms with Gasteiger partial charge in [-0.3, -0.25) is 15.4 Å². The molecule has 0 bridgehead atoms. The van der Waals surface area contributed by atoms with E-state index in [0.717, 1.165) is 17.8 Å². The minimum atomic E-state index is -0.426. The fourth-order valence-electron chi connectivity index (χ4n) is 2.14. The highest BCUT2D eigenvalue weighted by Gasteiger charge is 2.20. The van der Waals surface area contributed by atoms with Gasteiger partial charge in [-0.1, -0.05) is 33.6 Å². The molecule has 5 heteroatoms. The lowest BCUT2D eigenvalue weighted by atomic mass is 9.78. The Morgan fingerprint density at radius 3 is 1.76 bits per heavy atom. The highest BCUT2D eigenvalue weighted by atomic mass is 17.2. The third-order valence-electron chi connectivity index (χ3n) is 3.41. The van der Waals surface area contributed by atoms with E-state index in [4.69, 9.17) is 10.5 Å². The molecule has 1 fully saturated rings. The average Bonchev–Trinajstić information content (AvgIpc) is 2.39. The van der Waals surface area contributed by atoms with Crippen LogP contribution in [0.5, 0.6) is 0 Å². The summed E-state index contributed by atoms with van der Waals surface area (Å²) in [5, 5.41) is 12.0. The van der Waals surface area contributed by atoms with Crippen LogP contribution in [0, 0.1) is 17.8 Å². The molecule has 5 nitrogen and oxygen atoms in total. The molecule has 1 rings (SSSR count). The molecule has 0 saturated heterocycles. The van der Waals surface area contributed by atoms with E-state index in [2.05, 4.69) is 30.5 Å². The van der Waals surface area contributed by atoms with E-state index >= 15 is 0 Å². The number of carbonyl (C=O) groups excluding carboxylic acids is 1. The van der Waals surface area contributed by atoms with E-state index in [1.807, 2.05) is 0 Å². The van der Waals surface area contributed by atoms with Crippen molar-refractivity contribution in [3.63, 3.8) is 0 Å². The lowest BCUT2D eigenvalue weighted by Crippen LogP contribution is -2.20. The van der Waals surface area contributed by atoms with Gasteiger partial charge >= 0.3 is 5.97 Å². The van der Waals surface area contributed by atoms with Gasteiger partial charge < -0.3 is 0 Å². The molecule has 0 heterocycles. The first-order chi connectivity index (χ1) is 9.61. The third-order valence-corrected chi connectivity index (χ3v) is 3.41. The second-order valence-corrected chi connectivity index (χ2v) is 7.03. The Morgan fingerprint density at radius 1 is 1.10 bits per heavy atom. The number of carbonyl (C=O) groups is 1. The van der Waals surface area contributed by atoms with Gasteiger partial charge in [0.1, 0.15) is 5.60 Å². The van der Waals surface area contributed by atoms with Crippen molar-refractivity contribution in [2.24, 2.45) is 17.8 Å². The van der Waals surface area contributed by atoms with Gasteiger partial charge in [-0.05, 0) is 51.4 Å². The van der Waals surface area contributed by atoms with Crippen LogP contribution in [-0.2, 0) is 14.6 Å². The zero-order valence-electron chi connectivity index (χ0n) is 14.7. The Labute approximate surface area is 129 Å². The molecular weight excluding hydrogens is 272 g/mol. The van der Waals surface area contributed by atoms with E-state index in [0.29, 0.717) is 0 Å². The van der Waals surface area contributed by atoms with Gasteiger partial charge in [0.15, 0.2) is 0 Å². The molecule has 0 aromatic heterocycles. The van der Waals surface area contributed by atoms with Crippen LogP contribution in [-0.4, -0.2) is 22.1 Å². The Morgan fingerprint density at radius 2 is 1.52 bits per heavy atom. The molecule has 2 N–H and O–H groups in total. The van der Waals surface area contributed by atoms with Crippen LogP contribution < -0.4 is 0 Å². The smallest absolute Gasteiger partial charge is 0.298 e. The van der Waals surface area contributed by atoms with Crippen LogP contribution in [0.4, 0.5) is 0 Å². The Bertz CT molecular complexity index is 250. The van der Waals surface area contributed by atoms with Crippen LogP contribution in [0.1, 0.15) is 74.1 Å². The van der Waals surface area contributed by atoms with Crippen LogP contribution in [0.3, 0.4) is 0 Å². The summed E-state index contributed by atoms with van der Waals surface area (Å²) in [5.74, 6) is 2.55. The van der Waals surface area contributed by atoms with Crippen molar-refractivity contribution in [2.45, 2.75) is 79.8 Å². The van der Waals surface area contributed by atoms with Gasteiger partial charge in [-0.25, -0.2) is 4.79 Å². The standard InChI is InChI=1S/C10H20.C6H12O3.H2O2/c1-8(2)10-6-4-9(3)5-7-10;1-5(7)8-9-6(2,3)4;1-2/h8-10H,4-7H2,1-3H3;1-4H3;1-2H. The molecule has 21 heavy (non-hydrogen) atoms. The van der Waals surface area contributed by atoms with Gasteiger partial charge in [0, 0.05) is 6.92 Å². The molecule has 0 atom stereocenters. The van der Waals surface area contributed by atoms with Crippen molar-refractivity contribution >= 4 is 5.97 Å². The number of hydrogen-bond acceptors (Lipinski definition) is 5. The molecule has 0 spiro atoms. The molecule has 0 unspecified atom stereocenters. The summed E-state index contributed by atoms with van der Waals surface area (Å²) in [7, 11) is 0. The predicted molar refractivity (Wildman–Crippen MR) is 83.8 cm³/mol. The quantitative estimate of drug-likeness (QED) is 0.568. The topological polar surface area (TPSA) is 76.0 Å².